The Morgan fingerprint density at radius 1 is 1.25 bits per heavy atom. The Kier molecular flexibility index (Phi) is 5.84. The summed E-state index contributed by atoms with van der Waals surface area (Å²) in [7, 11) is 0. The fourth-order valence-corrected chi connectivity index (χ4v) is 3.01. The highest BCUT2D eigenvalue weighted by molar-refractivity contribution is 5.85. The van der Waals surface area contributed by atoms with Gasteiger partial charge in [0.15, 0.2) is 0 Å². The molecule has 0 unspecified atom stereocenters. The van der Waals surface area contributed by atoms with Gasteiger partial charge in [-0.3, -0.25) is 9.69 Å². The average molecular weight is 328 g/mol. The first kappa shape index (κ1) is 18.3. The molecule has 0 radical (unpaired) electrons. The summed E-state index contributed by atoms with van der Waals surface area (Å²) in [5.74, 6) is 0.533. The van der Waals surface area contributed by atoms with Crippen LogP contribution in [0.4, 0.5) is 5.69 Å². The summed E-state index contributed by atoms with van der Waals surface area (Å²) in [5, 5.41) is 12.3. The molecule has 1 aromatic rings. The number of benzene rings is 1. The van der Waals surface area contributed by atoms with Crippen LogP contribution in [0.2, 0.25) is 0 Å². The first-order valence-corrected chi connectivity index (χ1v) is 8.63. The van der Waals surface area contributed by atoms with E-state index in [1.807, 2.05) is 38.1 Å². The van der Waals surface area contributed by atoms with E-state index in [4.69, 9.17) is 0 Å². The monoisotopic (exact) mass is 328 g/mol. The topological polar surface area (TPSA) is 59.4 Å². The summed E-state index contributed by atoms with van der Waals surface area (Å²) in [6.07, 6.45) is 0. The molecule has 1 aliphatic heterocycles. The Hall–Kier alpha value is -2.06. The van der Waals surface area contributed by atoms with Gasteiger partial charge in [0.05, 0.1) is 16.8 Å². The van der Waals surface area contributed by atoms with Crippen LogP contribution in [0, 0.1) is 17.2 Å². The average Bonchev–Trinajstić information content (AvgIpc) is 2.59. The minimum atomic E-state index is -0.518. The highest BCUT2D eigenvalue weighted by atomic mass is 16.2. The van der Waals surface area contributed by atoms with Crippen LogP contribution >= 0.6 is 0 Å². The fourth-order valence-electron chi connectivity index (χ4n) is 3.01. The van der Waals surface area contributed by atoms with Crippen molar-refractivity contribution < 1.29 is 4.79 Å². The number of nitrogens with one attached hydrogen (secondary N) is 1. The van der Waals surface area contributed by atoms with Gasteiger partial charge >= 0.3 is 0 Å². The normalized spacial score (nSPS) is 16.1. The van der Waals surface area contributed by atoms with Gasteiger partial charge in [0, 0.05) is 32.7 Å². The number of hydrogen-bond donors (Lipinski definition) is 1. The maximum absolute atomic E-state index is 12.5. The summed E-state index contributed by atoms with van der Waals surface area (Å²) < 4.78 is 0. The van der Waals surface area contributed by atoms with Gasteiger partial charge in [0.2, 0.25) is 5.91 Å². The molecule has 5 heteroatoms. The maximum atomic E-state index is 12.5. The summed E-state index contributed by atoms with van der Waals surface area (Å²) >= 11 is 0. The van der Waals surface area contributed by atoms with Crippen molar-refractivity contribution in [3.8, 4) is 6.07 Å². The van der Waals surface area contributed by atoms with Crippen LogP contribution < -0.4 is 10.2 Å². The van der Waals surface area contributed by atoms with Crippen molar-refractivity contribution in [2.75, 3.05) is 37.6 Å². The number of carbonyl (C=O) groups excluding carboxylic acids is 1. The molecule has 1 amide bonds. The van der Waals surface area contributed by atoms with Crippen molar-refractivity contribution in [1.29, 1.82) is 5.26 Å². The first-order valence-electron chi connectivity index (χ1n) is 8.63. The van der Waals surface area contributed by atoms with E-state index >= 15 is 0 Å². The molecule has 1 aromatic carbocycles. The van der Waals surface area contributed by atoms with E-state index in [1.165, 1.54) is 0 Å². The number of anilines is 1. The zero-order valence-electron chi connectivity index (χ0n) is 15.2. The number of amides is 1. The third-order valence-electron chi connectivity index (χ3n) is 4.66. The summed E-state index contributed by atoms with van der Waals surface area (Å²) in [5.41, 5.74) is 1.18. The predicted octanol–water partition coefficient (Wildman–Crippen LogP) is 2.23. The molecule has 0 bridgehead atoms. The summed E-state index contributed by atoms with van der Waals surface area (Å²) in [4.78, 5) is 17.0. The molecule has 24 heavy (non-hydrogen) atoms. The number of piperazine rings is 1. The molecule has 1 saturated heterocycles. The number of rotatable bonds is 5. The summed E-state index contributed by atoms with van der Waals surface area (Å²) in [6, 6.07) is 9.96. The van der Waals surface area contributed by atoms with Crippen molar-refractivity contribution in [2.45, 2.75) is 33.2 Å². The molecular weight excluding hydrogens is 300 g/mol. The highest BCUT2D eigenvalue weighted by Gasteiger charge is 2.36. The number of carbonyl (C=O) groups is 1. The van der Waals surface area contributed by atoms with E-state index in [-0.39, 0.29) is 5.91 Å². The Bertz CT molecular complexity index is 610. The molecule has 0 spiro atoms. The van der Waals surface area contributed by atoms with E-state index in [0.717, 1.165) is 31.9 Å². The molecule has 1 N–H and O–H groups in total. The van der Waals surface area contributed by atoms with Crippen LogP contribution in [0.3, 0.4) is 0 Å². The first-order chi connectivity index (χ1) is 11.4. The molecule has 5 nitrogen and oxygen atoms in total. The summed E-state index contributed by atoms with van der Waals surface area (Å²) in [6.45, 7) is 12.1. The van der Waals surface area contributed by atoms with Crippen LogP contribution in [-0.2, 0) is 4.79 Å². The zero-order chi connectivity index (χ0) is 17.7. The van der Waals surface area contributed by atoms with Crippen LogP contribution in [-0.4, -0.2) is 49.1 Å². The Morgan fingerprint density at radius 2 is 1.88 bits per heavy atom. The molecule has 2 rings (SSSR count). The second kappa shape index (κ2) is 7.67. The van der Waals surface area contributed by atoms with Gasteiger partial charge in [-0.15, -0.1) is 0 Å². The number of nitrogens with zero attached hydrogens (tertiary/aromatic N) is 3. The fraction of sp³-hybridized carbons (Fsp3) is 0.579. The lowest BCUT2D eigenvalue weighted by atomic mass is 9.99. The van der Waals surface area contributed by atoms with Gasteiger partial charge < -0.3 is 10.2 Å². The van der Waals surface area contributed by atoms with E-state index in [9.17, 15) is 10.1 Å². The number of hydrogen-bond acceptors (Lipinski definition) is 4. The Morgan fingerprint density at radius 3 is 2.46 bits per heavy atom. The second-order valence-corrected chi connectivity index (χ2v) is 7.27. The van der Waals surface area contributed by atoms with Gasteiger partial charge in [-0.1, -0.05) is 26.0 Å². The van der Waals surface area contributed by atoms with Crippen molar-refractivity contribution in [3.63, 3.8) is 0 Å². The second-order valence-electron chi connectivity index (χ2n) is 7.27. The Labute approximate surface area is 145 Å². The van der Waals surface area contributed by atoms with Gasteiger partial charge in [-0.25, -0.2) is 0 Å². The minimum absolute atomic E-state index is 0.0853. The lowest BCUT2D eigenvalue weighted by molar-refractivity contribution is -0.132. The third kappa shape index (κ3) is 4.07. The quantitative estimate of drug-likeness (QED) is 0.900. The molecular formula is C19H28N4O. The molecule has 0 saturated carbocycles. The maximum Gasteiger partial charge on any atom is 0.239 e. The molecule has 130 valence electrons. The van der Waals surface area contributed by atoms with Crippen molar-refractivity contribution >= 4 is 11.6 Å². The smallest absolute Gasteiger partial charge is 0.239 e. The van der Waals surface area contributed by atoms with Crippen LogP contribution in [0.25, 0.3) is 0 Å². The number of nitriles is 1. The zero-order valence-corrected chi connectivity index (χ0v) is 15.2. The molecule has 1 heterocycles. The van der Waals surface area contributed by atoms with Gasteiger partial charge in [-0.2, -0.15) is 5.26 Å². The highest BCUT2D eigenvalue weighted by Crippen LogP contribution is 2.24. The number of para-hydroxylation sites is 1. The molecule has 1 fully saturated rings. The van der Waals surface area contributed by atoms with E-state index < -0.39 is 5.54 Å². The molecule has 0 aliphatic carbocycles. The van der Waals surface area contributed by atoms with Crippen molar-refractivity contribution in [3.05, 3.63) is 29.8 Å². The lowest BCUT2D eigenvalue weighted by Crippen LogP contribution is -2.61. The van der Waals surface area contributed by atoms with Crippen LogP contribution in [0.5, 0.6) is 0 Å². The Balaban J connectivity index is 1.99. The molecule has 0 atom stereocenters. The van der Waals surface area contributed by atoms with E-state index in [2.05, 4.69) is 35.0 Å². The van der Waals surface area contributed by atoms with E-state index in [1.54, 1.807) is 0 Å². The van der Waals surface area contributed by atoms with E-state index in [0.29, 0.717) is 18.0 Å². The van der Waals surface area contributed by atoms with Crippen LogP contribution in [0.1, 0.15) is 33.3 Å². The standard InChI is InChI=1S/C19H28N4O/c1-15(2)14-21-18(24)19(3,4)23-11-9-22(10-12-23)17-8-6-5-7-16(17)13-20/h5-8,15H,9-12,14H2,1-4H3,(H,21,24). The predicted molar refractivity (Wildman–Crippen MR) is 96.9 cm³/mol. The van der Waals surface area contributed by atoms with Crippen LogP contribution in [0.15, 0.2) is 24.3 Å². The lowest BCUT2D eigenvalue weighted by Gasteiger charge is -2.43. The van der Waals surface area contributed by atoms with Crippen molar-refractivity contribution in [2.24, 2.45) is 5.92 Å². The van der Waals surface area contributed by atoms with Gasteiger partial charge in [0.1, 0.15) is 6.07 Å². The molecule has 0 aromatic heterocycles. The van der Waals surface area contributed by atoms with Gasteiger partial charge in [-0.05, 0) is 31.9 Å². The SMILES string of the molecule is CC(C)CNC(=O)C(C)(C)N1CCN(c2ccccc2C#N)CC1. The molecule has 1 aliphatic rings. The van der Waals surface area contributed by atoms with Crippen molar-refractivity contribution in [1.82, 2.24) is 10.2 Å². The van der Waals surface area contributed by atoms with Gasteiger partial charge in [0.25, 0.3) is 0 Å². The third-order valence-corrected chi connectivity index (χ3v) is 4.66. The largest absolute Gasteiger partial charge is 0.368 e. The minimum Gasteiger partial charge on any atom is -0.368 e.